The second-order valence-corrected chi connectivity index (χ2v) is 5.45. The number of nitrogens with zero attached hydrogens (tertiary/aromatic N) is 3. The number of aromatic nitrogens is 3. The van der Waals surface area contributed by atoms with E-state index in [1.807, 2.05) is 12.1 Å². The Bertz CT molecular complexity index is 584. The van der Waals surface area contributed by atoms with Gasteiger partial charge >= 0.3 is 0 Å². The fourth-order valence-electron chi connectivity index (χ4n) is 2.95. The second-order valence-electron chi connectivity index (χ2n) is 5.45. The molecule has 0 saturated heterocycles. The molecule has 0 amide bonds. The normalized spacial score (nSPS) is 23.7. The smallest absolute Gasteiger partial charge is 0.215 e. The van der Waals surface area contributed by atoms with Gasteiger partial charge in [-0.3, -0.25) is 4.57 Å². The average Bonchev–Trinajstić information content (AvgIpc) is 2.75. The van der Waals surface area contributed by atoms with Crippen molar-refractivity contribution in [3.63, 3.8) is 0 Å². The molecule has 2 heterocycles. The predicted molar refractivity (Wildman–Crippen MR) is 75.2 cm³/mol. The van der Waals surface area contributed by atoms with Crippen LogP contribution in [0.2, 0.25) is 0 Å². The third kappa shape index (κ3) is 2.13. The Balaban J connectivity index is 2.04. The molecule has 0 aromatic carbocycles. The molecule has 102 valence electrons. The van der Waals surface area contributed by atoms with Gasteiger partial charge in [0.1, 0.15) is 5.52 Å². The van der Waals surface area contributed by atoms with Crippen LogP contribution in [0.4, 0.5) is 5.95 Å². The molecule has 0 aliphatic heterocycles. The van der Waals surface area contributed by atoms with Crippen molar-refractivity contribution in [1.29, 1.82) is 0 Å². The van der Waals surface area contributed by atoms with Gasteiger partial charge in [-0.1, -0.05) is 6.92 Å². The molecule has 0 atom stereocenters. The summed E-state index contributed by atoms with van der Waals surface area (Å²) >= 11 is 0. The van der Waals surface area contributed by atoms with Crippen LogP contribution >= 0.6 is 0 Å². The van der Waals surface area contributed by atoms with Crippen LogP contribution in [0.15, 0.2) is 12.1 Å². The van der Waals surface area contributed by atoms with Crippen LogP contribution in [0.3, 0.4) is 0 Å². The number of anilines is 1. The van der Waals surface area contributed by atoms with E-state index in [4.69, 9.17) is 10.5 Å². The quantitative estimate of drug-likeness (QED) is 0.901. The largest absolute Gasteiger partial charge is 0.481 e. The van der Waals surface area contributed by atoms with Crippen molar-refractivity contribution in [3.8, 4) is 5.88 Å². The lowest BCUT2D eigenvalue weighted by Crippen LogP contribution is -2.18. The number of nitrogens with two attached hydrogens (primary N) is 1. The monoisotopic (exact) mass is 260 g/mol. The summed E-state index contributed by atoms with van der Waals surface area (Å²) in [6, 6.07) is 4.16. The molecule has 2 N–H and O–H groups in total. The molecular formula is C14H20N4O. The molecule has 2 aromatic rings. The summed E-state index contributed by atoms with van der Waals surface area (Å²) in [4.78, 5) is 8.91. The molecule has 0 bridgehead atoms. The second kappa shape index (κ2) is 4.72. The molecule has 2 aromatic heterocycles. The van der Waals surface area contributed by atoms with Crippen LogP contribution in [-0.2, 0) is 0 Å². The zero-order chi connectivity index (χ0) is 13.4. The molecule has 19 heavy (non-hydrogen) atoms. The van der Waals surface area contributed by atoms with Crippen LogP contribution in [0.1, 0.15) is 38.6 Å². The molecule has 1 aliphatic carbocycles. The van der Waals surface area contributed by atoms with Crippen LogP contribution < -0.4 is 10.5 Å². The first kappa shape index (κ1) is 12.3. The van der Waals surface area contributed by atoms with Crippen molar-refractivity contribution < 1.29 is 4.74 Å². The highest BCUT2D eigenvalue weighted by Crippen LogP contribution is 2.35. The van der Waals surface area contributed by atoms with Gasteiger partial charge in [0, 0.05) is 12.1 Å². The highest BCUT2D eigenvalue weighted by atomic mass is 16.5. The first-order chi connectivity index (χ1) is 9.19. The maximum Gasteiger partial charge on any atom is 0.215 e. The van der Waals surface area contributed by atoms with Crippen molar-refractivity contribution in [2.75, 3.05) is 12.8 Å². The van der Waals surface area contributed by atoms with Crippen molar-refractivity contribution in [3.05, 3.63) is 12.1 Å². The van der Waals surface area contributed by atoms with E-state index in [0.29, 0.717) is 17.9 Å². The van der Waals surface area contributed by atoms with Crippen LogP contribution in [0, 0.1) is 5.92 Å². The van der Waals surface area contributed by atoms with E-state index in [1.54, 1.807) is 7.11 Å². The van der Waals surface area contributed by atoms with Gasteiger partial charge in [0.2, 0.25) is 11.8 Å². The maximum atomic E-state index is 6.08. The number of hydrogen-bond donors (Lipinski definition) is 1. The van der Waals surface area contributed by atoms with E-state index >= 15 is 0 Å². The van der Waals surface area contributed by atoms with E-state index in [1.165, 1.54) is 12.8 Å². The van der Waals surface area contributed by atoms with E-state index in [2.05, 4.69) is 21.5 Å². The van der Waals surface area contributed by atoms with Gasteiger partial charge in [0.25, 0.3) is 0 Å². The minimum absolute atomic E-state index is 0.417. The molecule has 1 saturated carbocycles. The lowest BCUT2D eigenvalue weighted by atomic mass is 9.87. The number of hydrogen-bond acceptors (Lipinski definition) is 4. The van der Waals surface area contributed by atoms with E-state index in [9.17, 15) is 0 Å². The van der Waals surface area contributed by atoms with Crippen LogP contribution in [0.5, 0.6) is 5.88 Å². The number of methoxy groups -OCH3 is 1. The Morgan fingerprint density at radius 3 is 2.63 bits per heavy atom. The summed E-state index contributed by atoms with van der Waals surface area (Å²) < 4.78 is 7.28. The van der Waals surface area contributed by atoms with Gasteiger partial charge in [0.05, 0.1) is 7.11 Å². The Hall–Kier alpha value is -1.78. The first-order valence-corrected chi connectivity index (χ1v) is 6.87. The fraction of sp³-hybridized carbons (Fsp3) is 0.571. The molecule has 0 spiro atoms. The van der Waals surface area contributed by atoms with Crippen molar-refractivity contribution in [2.24, 2.45) is 5.92 Å². The number of pyridine rings is 1. The molecule has 0 radical (unpaired) electrons. The predicted octanol–water partition coefficient (Wildman–Crippen LogP) is 2.77. The highest BCUT2D eigenvalue weighted by Gasteiger charge is 2.24. The van der Waals surface area contributed by atoms with Gasteiger partial charge in [-0.2, -0.15) is 4.98 Å². The Labute approximate surface area is 112 Å². The maximum absolute atomic E-state index is 6.08. The van der Waals surface area contributed by atoms with Gasteiger partial charge in [-0.15, -0.1) is 0 Å². The van der Waals surface area contributed by atoms with Gasteiger partial charge < -0.3 is 10.5 Å². The zero-order valence-corrected chi connectivity index (χ0v) is 11.5. The number of fused-ring (bicyclic) bond motifs is 1. The standard InChI is InChI=1S/C14H20N4O/c1-9-3-5-10(6-4-9)18-13-11(16-14(18)15)7-8-12(17-13)19-2/h7-10H,3-6H2,1-2H3,(H2,15,16). The number of rotatable bonds is 2. The zero-order valence-electron chi connectivity index (χ0n) is 11.5. The Morgan fingerprint density at radius 2 is 1.95 bits per heavy atom. The summed E-state index contributed by atoms with van der Waals surface area (Å²) in [6.07, 6.45) is 4.78. The van der Waals surface area contributed by atoms with Crippen LogP contribution in [0.25, 0.3) is 11.2 Å². The van der Waals surface area contributed by atoms with E-state index in [0.717, 1.165) is 29.9 Å². The van der Waals surface area contributed by atoms with Crippen molar-refractivity contribution in [2.45, 2.75) is 38.6 Å². The lowest BCUT2D eigenvalue weighted by Gasteiger charge is -2.27. The summed E-state index contributed by atoms with van der Waals surface area (Å²) in [5, 5.41) is 0. The molecule has 1 aliphatic rings. The van der Waals surface area contributed by atoms with Crippen molar-refractivity contribution in [1.82, 2.24) is 14.5 Å². The molecular weight excluding hydrogens is 240 g/mol. The fourth-order valence-corrected chi connectivity index (χ4v) is 2.95. The Kier molecular flexibility index (Phi) is 3.05. The number of ether oxygens (including phenoxy) is 1. The van der Waals surface area contributed by atoms with Gasteiger partial charge in [-0.25, -0.2) is 4.98 Å². The Morgan fingerprint density at radius 1 is 1.21 bits per heavy atom. The third-order valence-corrected chi connectivity index (χ3v) is 4.10. The average molecular weight is 260 g/mol. The molecule has 1 fully saturated rings. The van der Waals surface area contributed by atoms with Crippen LogP contribution in [-0.4, -0.2) is 21.6 Å². The molecule has 5 heteroatoms. The topological polar surface area (TPSA) is 66.0 Å². The third-order valence-electron chi connectivity index (χ3n) is 4.10. The number of nitrogen functional groups attached to an aromatic ring is 1. The summed E-state index contributed by atoms with van der Waals surface area (Å²) in [7, 11) is 1.63. The minimum Gasteiger partial charge on any atom is -0.481 e. The summed E-state index contributed by atoms with van der Waals surface area (Å²) in [5.74, 6) is 1.99. The van der Waals surface area contributed by atoms with E-state index in [-0.39, 0.29) is 0 Å². The SMILES string of the molecule is COc1ccc2nc(N)n(C3CCC(C)CC3)c2n1. The first-order valence-electron chi connectivity index (χ1n) is 6.87. The number of imidazole rings is 1. The summed E-state index contributed by atoms with van der Waals surface area (Å²) in [5.41, 5.74) is 7.77. The van der Waals surface area contributed by atoms with Gasteiger partial charge in [-0.05, 0) is 37.7 Å². The van der Waals surface area contributed by atoms with Crippen molar-refractivity contribution >= 4 is 17.1 Å². The van der Waals surface area contributed by atoms with Gasteiger partial charge in [0.15, 0.2) is 5.65 Å². The summed E-state index contributed by atoms with van der Waals surface area (Å²) in [6.45, 7) is 2.31. The minimum atomic E-state index is 0.417. The molecule has 3 rings (SSSR count). The molecule has 0 unspecified atom stereocenters. The van der Waals surface area contributed by atoms with E-state index < -0.39 is 0 Å². The highest BCUT2D eigenvalue weighted by molar-refractivity contribution is 5.75. The molecule has 5 nitrogen and oxygen atoms in total. The lowest BCUT2D eigenvalue weighted by molar-refractivity contribution is 0.295.